The Bertz CT molecular complexity index is 491. The lowest BCUT2D eigenvalue weighted by atomic mass is 10.1. The van der Waals surface area contributed by atoms with Gasteiger partial charge in [0.15, 0.2) is 0 Å². The fourth-order valence-corrected chi connectivity index (χ4v) is 2.87. The van der Waals surface area contributed by atoms with Crippen LogP contribution in [0.2, 0.25) is 0 Å². The molecular formula is C14H22N4O2. The van der Waals surface area contributed by atoms with E-state index in [2.05, 4.69) is 23.4 Å². The lowest BCUT2D eigenvalue weighted by Gasteiger charge is -2.35. The van der Waals surface area contributed by atoms with Gasteiger partial charge in [0.25, 0.3) is 0 Å². The van der Waals surface area contributed by atoms with Gasteiger partial charge in [-0.1, -0.05) is 0 Å². The van der Waals surface area contributed by atoms with Gasteiger partial charge in [-0.2, -0.15) is 0 Å². The third kappa shape index (κ3) is 2.40. The third-order valence-corrected chi connectivity index (χ3v) is 4.05. The van der Waals surface area contributed by atoms with Gasteiger partial charge in [-0.25, -0.2) is 9.78 Å². The Balaban J connectivity index is 1.74. The monoisotopic (exact) mass is 278 g/mol. The van der Waals surface area contributed by atoms with Crippen molar-refractivity contribution in [2.45, 2.75) is 32.9 Å². The molecule has 1 aromatic heterocycles. The van der Waals surface area contributed by atoms with Crippen LogP contribution >= 0.6 is 0 Å². The van der Waals surface area contributed by atoms with Gasteiger partial charge in [0, 0.05) is 32.1 Å². The van der Waals surface area contributed by atoms with E-state index in [0.717, 1.165) is 18.7 Å². The number of carbonyl (C=O) groups excluding carboxylic acids is 1. The average Bonchev–Trinajstić information content (AvgIpc) is 2.90. The van der Waals surface area contributed by atoms with E-state index in [1.165, 1.54) is 5.69 Å². The second-order valence-electron chi connectivity index (χ2n) is 5.69. The topological polar surface area (TPSA) is 50.6 Å². The Kier molecular flexibility index (Phi) is 3.65. The van der Waals surface area contributed by atoms with Gasteiger partial charge in [0.2, 0.25) is 0 Å². The first kappa shape index (κ1) is 13.4. The number of urea groups is 1. The molecule has 2 aliphatic heterocycles. The van der Waals surface area contributed by atoms with Gasteiger partial charge in [0.1, 0.15) is 0 Å². The highest BCUT2D eigenvalue weighted by Gasteiger charge is 2.28. The molecule has 20 heavy (non-hydrogen) atoms. The number of amides is 2. The summed E-state index contributed by atoms with van der Waals surface area (Å²) in [6.45, 7) is 8.41. The van der Waals surface area contributed by atoms with Crippen molar-refractivity contribution in [1.82, 2.24) is 19.4 Å². The van der Waals surface area contributed by atoms with E-state index >= 15 is 0 Å². The Hall–Kier alpha value is -1.56. The molecule has 6 nitrogen and oxygen atoms in total. The number of hydrogen-bond donors (Lipinski definition) is 0. The predicted molar refractivity (Wildman–Crippen MR) is 74.5 cm³/mol. The van der Waals surface area contributed by atoms with Gasteiger partial charge < -0.3 is 19.1 Å². The van der Waals surface area contributed by atoms with Gasteiger partial charge in [-0.3, -0.25) is 0 Å². The summed E-state index contributed by atoms with van der Waals surface area (Å²) >= 11 is 0. The van der Waals surface area contributed by atoms with Gasteiger partial charge >= 0.3 is 6.03 Å². The van der Waals surface area contributed by atoms with E-state index in [4.69, 9.17) is 4.74 Å². The second kappa shape index (κ2) is 5.44. The van der Waals surface area contributed by atoms with E-state index in [-0.39, 0.29) is 6.03 Å². The van der Waals surface area contributed by atoms with Crippen LogP contribution < -0.4 is 0 Å². The van der Waals surface area contributed by atoms with Crippen molar-refractivity contribution in [3.05, 3.63) is 17.7 Å². The number of nitrogens with zero attached hydrogens (tertiary/aromatic N) is 4. The molecule has 0 spiro atoms. The van der Waals surface area contributed by atoms with Gasteiger partial charge in [-0.15, -0.1) is 0 Å². The van der Waals surface area contributed by atoms with Crippen LogP contribution in [0.5, 0.6) is 0 Å². The lowest BCUT2D eigenvalue weighted by Crippen LogP contribution is -2.49. The molecule has 0 atom stereocenters. The minimum atomic E-state index is 0.135. The highest BCUT2D eigenvalue weighted by Crippen LogP contribution is 2.22. The van der Waals surface area contributed by atoms with E-state index in [1.54, 1.807) is 0 Å². The molecule has 6 heteroatoms. The SMILES string of the molecule is CC(C)n1cnc2c1CN(C(=O)N1CCOCC1)CC2. The molecule has 0 saturated carbocycles. The first-order valence-electron chi connectivity index (χ1n) is 7.33. The fourth-order valence-electron chi connectivity index (χ4n) is 2.87. The molecule has 1 saturated heterocycles. The Morgan fingerprint density at radius 3 is 2.70 bits per heavy atom. The molecule has 0 aliphatic carbocycles. The Morgan fingerprint density at radius 1 is 1.25 bits per heavy atom. The highest BCUT2D eigenvalue weighted by atomic mass is 16.5. The summed E-state index contributed by atoms with van der Waals surface area (Å²) in [6.07, 6.45) is 2.75. The number of fused-ring (bicyclic) bond motifs is 1. The van der Waals surface area contributed by atoms with Crippen LogP contribution in [0.3, 0.4) is 0 Å². The maximum absolute atomic E-state index is 12.5. The summed E-state index contributed by atoms with van der Waals surface area (Å²) in [5, 5.41) is 0. The fraction of sp³-hybridized carbons (Fsp3) is 0.714. The van der Waals surface area contributed by atoms with Gasteiger partial charge in [0.05, 0.1) is 37.5 Å². The Morgan fingerprint density at radius 2 is 2.00 bits per heavy atom. The van der Waals surface area contributed by atoms with Crippen molar-refractivity contribution in [2.75, 3.05) is 32.8 Å². The molecule has 3 rings (SSSR count). The van der Waals surface area contributed by atoms with Crippen molar-refractivity contribution < 1.29 is 9.53 Å². The second-order valence-corrected chi connectivity index (χ2v) is 5.69. The van der Waals surface area contributed by atoms with Crippen molar-refractivity contribution in [1.29, 1.82) is 0 Å². The number of rotatable bonds is 1. The zero-order valence-electron chi connectivity index (χ0n) is 12.2. The number of imidazole rings is 1. The number of ether oxygens (including phenoxy) is 1. The van der Waals surface area contributed by atoms with Gasteiger partial charge in [-0.05, 0) is 13.8 Å². The van der Waals surface area contributed by atoms with Crippen molar-refractivity contribution in [2.24, 2.45) is 0 Å². The summed E-state index contributed by atoms with van der Waals surface area (Å²) in [5.74, 6) is 0. The summed E-state index contributed by atoms with van der Waals surface area (Å²) in [6, 6.07) is 0.514. The molecular weight excluding hydrogens is 256 g/mol. The molecule has 2 aliphatic rings. The van der Waals surface area contributed by atoms with E-state index in [1.807, 2.05) is 16.1 Å². The third-order valence-electron chi connectivity index (χ3n) is 4.05. The van der Waals surface area contributed by atoms with Crippen molar-refractivity contribution in [3.63, 3.8) is 0 Å². The summed E-state index contributed by atoms with van der Waals surface area (Å²) in [5.41, 5.74) is 2.33. The average molecular weight is 278 g/mol. The molecule has 1 fully saturated rings. The summed E-state index contributed by atoms with van der Waals surface area (Å²) in [7, 11) is 0. The van der Waals surface area contributed by atoms with E-state index in [9.17, 15) is 4.79 Å². The van der Waals surface area contributed by atoms with Crippen LogP contribution in [-0.4, -0.2) is 58.2 Å². The molecule has 0 N–H and O–H groups in total. The molecule has 0 bridgehead atoms. The zero-order valence-corrected chi connectivity index (χ0v) is 12.2. The molecule has 110 valence electrons. The number of morpholine rings is 1. The van der Waals surface area contributed by atoms with E-state index in [0.29, 0.717) is 38.9 Å². The van der Waals surface area contributed by atoms with Crippen LogP contribution in [0.4, 0.5) is 4.79 Å². The van der Waals surface area contributed by atoms with Crippen LogP contribution in [0.25, 0.3) is 0 Å². The van der Waals surface area contributed by atoms with E-state index < -0.39 is 0 Å². The van der Waals surface area contributed by atoms with Crippen molar-refractivity contribution in [3.8, 4) is 0 Å². The first-order chi connectivity index (χ1) is 9.66. The highest BCUT2D eigenvalue weighted by molar-refractivity contribution is 5.74. The zero-order chi connectivity index (χ0) is 14.1. The number of aromatic nitrogens is 2. The van der Waals surface area contributed by atoms with Crippen LogP contribution in [0.1, 0.15) is 31.3 Å². The first-order valence-corrected chi connectivity index (χ1v) is 7.33. The molecule has 1 aromatic rings. The van der Waals surface area contributed by atoms with Crippen LogP contribution in [0, 0.1) is 0 Å². The molecule has 3 heterocycles. The smallest absolute Gasteiger partial charge is 0.320 e. The largest absolute Gasteiger partial charge is 0.378 e. The summed E-state index contributed by atoms with van der Waals surface area (Å²) in [4.78, 5) is 20.8. The lowest BCUT2D eigenvalue weighted by molar-refractivity contribution is 0.0418. The van der Waals surface area contributed by atoms with Crippen molar-refractivity contribution >= 4 is 6.03 Å². The Labute approximate surface area is 119 Å². The molecule has 0 unspecified atom stereocenters. The minimum absolute atomic E-state index is 0.135. The molecule has 2 amide bonds. The van der Waals surface area contributed by atoms with Crippen LogP contribution in [-0.2, 0) is 17.7 Å². The quantitative estimate of drug-likeness (QED) is 0.777. The number of hydrogen-bond acceptors (Lipinski definition) is 3. The molecule has 0 radical (unpaired) electrons. The maximum atomic E-state index is 12.5. The molecule has 0 aromatic carbocycles. The maximum Gasteiger partial charge on any atom is 0.320 e. The predicted octanol–water partition coefficient (Wildman–Crippen LogP) is 1.27. The minimum Gasteiger partial charge on any atom is -0.378 e. The standard InChI is InChI=1S/C14H22N4O2/c1-11(2)18-10-15-12-3-4-17(9-13(12)18)14(19)16-5-7-20-8-6-16/h10-11H,3-9H2,1-2H3. The summed E-state index contributed by atoms with van der Waals surface area (Å²) < 4.78 is 7.48. The number of carbonyl (C=O) groups is 1. The van der Waals surface area contributed by atoms with Crippen LogP contribution in [0.15, 0.2) is 6.33 Å². The normalized spacial score (nSPS) is 19.4.